The lowest BCUT2D eigenvalue weighted by atomic mass is 10.0. The fourth-order valence-electron chi connectivity index (χ4n) is 4.60. The van der Waals surface area contributed by atoms with Crippen molar-refractivity contribution in [3.63, 3.8) is 0 Å². The average Bonchev–Trinajstić information content (AvgIpc) is 3.59. The summed E-state index contributed by atoms with van der Waals surface area (Å²) in [4.78, 5) is 42.4. The van der Waals surface area contributed by atoms with Crippen LogP contribution in [-0.2, 0) is 21.5 Å². The van der Waals surface area contributed by atoms with E-state index in [4.69, 9.17) is 16.2 Å². The quantitative estimate of drug-likeness (QED) is 0.200. The van der Waals surface area contributed by atoms with Crippen LogP contribution in [0.5, 0.6) is 0 Å². The largest absolute Gasteiger partial charge is 0.352 e. The SMILES string of the molecule is CNC(=O)c1nc(NC(=O)c2nsc3ccccc23)c2n1CC(=O)N[C@H]2c1cc(F)ccc1Cl.Cc1ccc(S(=O)(=O)O)cc1. The Morgan fingerprint density at radius 1 is 1.11 bits per heavy atom. The molecule has 0 fully saturated rings. The molecule has 4 N–H and O–H groups in total. The zero-order chi connectivity index (χ0) is 32.5. The Morgan fingerprint density at radius 3 is 2.51 bits per heavy atom. The van der Waals surface area contributed by atoms with Gasteiger partial charge in [-0.2, -0.15) is 12.8 Å². The highest BCUT2D eigenvalue weighted by Crippen LogP contribution is 2.36. The number of carbonyl (C=O) groups excluding carboxylic acids is 3. The van der Waals surface area contributed by atoms with Crippen LogP contribution in [0.15, 0.2) is 71.6 Å². The first-order valence-corrected chi connectivity index (χ1v) is 15.7. The average molecular weight is 671 g/mol. The van der Waals surface area contributed by atoms with E-state index < -0.39 is 39.7 Å². The first kappa shape index (κ1) is 31.7. The van der Waals surface area contributed by atoms with Crippen LogP contribution in [0.2, 0.25) is 5.02 Å². The van der Waals surface area contributed by atoms with Crippen molar-refractivity contribution >= 4 is 66.9 Å². The number of amides is 3. The standard InChI is InChI=1S/C22H16ClFN6O3S.C7H8O3S/c1-25-22(33)20-27-19(28-21(32)17-11-4-2-3-5-14(11)34-29-17)18-16(26-15(31)9-30(18)20)12-8-10(24)6-7-13(12)23;1-6-2-4-7(5-3-6)11(8,9)10/h2-8,16H,9H2,1H3,(H,25,33)(H,26,31)(H,28,32);2-5H,1H3,(H,8,9,10)/t16-;/m0./s1. The lowest BCUT2D eigenvalue weighted by Gasteiger charge is -2.28. The first-order chi connectivity index (χ1) is 21.4. The van der Waals surface area contributed by atoms with Gasteiger partial charge in [0, 0.05) is 23.0 Å². The number of hydrogen-bond acceptors (Lipinski definition) is 8. The van der Waals surface area contributed by atoms with Gasteiger partial charge in [0.1, 0.15) is 18.1 Å². The van der Waals surface area contributed by atoms with E-state index in [0.717, 1.165) is 10.3 Å². The van der Waals surface area contributed by atoms with E-state index in [1.807, 2.05) is 19.1 Å². The Morgan fingerprint density at radius 2 is 1.82 bits per heavy atom. The minimum Gasteiger partial charge on any atom is -0.352 e. The number of carbonyl (C=O) groups is 3. The topological polar surface area (TPSA) is 172 Å². The summed E-state index contributed by atoms with van der Waals surface area (Å²) in [5, 5.41) is 8.82. The Labute approximate surface area is 265 Å². The molecule has 0 bridgehead atoms. The van der Waals surface area contributed by atoms with Crippen molar-refractivity contribution in [3.8, 4) is 0 Å². The van der Waals surface area contributed by atoms with Crippen molar-refractivity contribution in [1.29, 1.82) is 0 Å². The number of nitrogens with zero attached hydrogens (tertiary/aromatic N) is 3. The van der Waals surface area contributed by atoms with E-state index >= 15 is 0 Å². The molecular weight excluding hydrogens is 647 g/mol. The molecule has 3 aromatic carbocycles. The maximum absolute atomic E-state index is 14.1. The molecule has 12 nitrogen and oxygen atoms in total. The second-order valence-electron chi connectivity index (χ2n) is 9.77. The molecule has 45 heavy (non-hydrogen) atoms. The molecular formula is C29H24ClFN6O6S2. The highest BCUT2D eigenvalue weighted by molar-refractivity contribution is 7.85. The zero-order valence-corrected chi connectivity index (χ0v) is 25.9. The number of aromatic nitrogens is 3. The van der Waals surface area contributed by atoms with Crippen LogP contribution in [0.4, 0.5) is 10.2 Å². The van der Waals surface area contributed by atoms with Gasteiger partial charge in [-0.25, -0.2) is 9.37 Å². The Hall–Kier alpha value is -4.70. The van der Waals surface area contributed by atoms with Crippen molar-refractivity contribution in [2.45, 2.75) is 24.4 Å². The number of anilines is 1. The molecule has 0 radical (unpaired) electrons. The molecule has 232 valence electrons. The van der Waals surface area contributed by atoms with Crippen molar-refractivity contribution in [3.05, 3.63) is 106 Å². The summed E-state index contributed by atoms with van der Waals surface area (Å²) in [5.74, 6) is -2.13. The van der Waals surface area contributed by atoms with Crippen LogP contribution in [0.3, 0.4) is 0 Å². The van der Waals surface area contributed by atoms with Gasteiger partial charge < -0.3 is 20.5 Å². The smallest absolute Gasteiger partial charge is 0.294 e. The van der Waals surface area contributed by atoms with Gasteiger partial charge >= 0.3 is 0 Å². The molecule has 2 aromatic heterocycles. The molecule has 0 saturated heterocycles. The molecule has 0 saturated carbocycles. The van der Waals surface area contributed by atoms with E-state index in [9.17, 15) is 27.2 Å². The fourth-order valence-corrected chi connectivity index (χ4v) is 6.08. The lowest BCUT2D eigenvalue weighted by Crippen LogP contribution is -2.41. The molecule has 5 aromatic rings. The third-order valence-corrected chi connectivity index (χ3v) is 8.77. The molecule has 0 aliphatic carbocycles. The summed E-state index contributed by atoms with van der Waals surface area (Å²) in [6, 6.07) is 16.1. The molecule has 1 aliphatic rings. The van der Waals surface area contributed by atoms with E-state index in [2.05, 4.69) is 25.3 Å². The number of rotatable bonds is 5. The summed E-state index contributed by atoms with van der Waals surface area (Å²) >= 11 is 7.50. The van der Waals surface area contributed by atoms with Crippen LogP contribution >= 0.6 is 23.1 Å². The summed E-state index contributed by atoms with van der Waals surface area (Å²) in [5.41, 5.74) is 1.70. The number of fused-ring (bicyclic) bond motifs is 2. The van der Waals surface area contributed by atoms with Crippen LogP contribution in [-0.4, -0.2) is 51.7 Å². The molecule has 0 spiro atoms. The van der Waals surface area contributed by atoms with Crippen LogP contribution in [0.1, 0.15) is 44.0 Å². The van der Waals surface area contributed by atoms with E-state index in [1.165, 1.54) is 53.5 Å². The second-order valence-corrected chi connectivity index (χ2v) is 12.4. The second kappa shape index (κ2) is 12.7. The molecule has 0 unspecified atom stereocenters. The van der Waals surface area contributed by atoms with Gasteiger partial charge in [0.25, 0.3) is 21.9 Å². The van der Waals surface area contributed by atoms with E-state index in [-0.39, 0.29) is 39.4 Å². The molecule has 16 heteroatoms. The van der Waals surface area contributed by atoms with Gasteiger partial charge in [-0.1, -0.05) is 47.5 Å². The van der Waals surface area contributed by atoms with E-state index in [1.54, 1.807) is 24.3 Å². The molecule has 3 amide bonds. The van der Waals surface area contributed by atoms with Gasteiger partial charge in [-0.15, -0.1) is 0 Å². The first-order valence-electron chi connectivity index (χ1n) is 13.1. The number of imidazole rings is 1. The third kappa shape index (κ3) is 6.71. The van der Waals surface area contributed by atoms with Crippen LogP contribution in [0, 0.1) is 12.7 Å². The van der Waals surface area contributed by atoms with Gasteiger partial charge in [0.15, 0.2) is 5.82 Å². The molecule has 3 heterocycles. The van der Waals surface area contributed by atoms with Gasteiger partial charge in [-0.05, 0) is 54.9 Å². The highest BCUT2D eigenvalue weighted by Gasteiger charge is 2.36. The lowest BCUT2D eigenvalue weighted by molar-refractivity contribution is -0.123. The summed E-state index contributed by atoms with van der Waals surface area (Å²) in [6.07, 6.45) is 0. The number of nitrogens with one attached hydrogen (secondary N) is 3. The summed E-state index contributed by atoms with van der Waals surface area (Å²) in [7, 11) is -2.60. The minimum absolute atomic E-state index is 0.0333. The highest BCUT2D eigenvalue weighted by atomic mass is 35.5. The van der Waals surface area contributed by atoms with Gasteiger partial charge in [0.05, 0.1) is 21.3 Å². The van der Waals surface area contributed by atoms with Crippen LogP contribution < -0.4 is 16.0 Å². The number of halogens is 2. The molecule has 6 rings (SSSR count). The maximum Gasteiger partial charge on any atom is 0.294 e. The Balaban J connectivity index is 0.000000309. The molecule has 1 atom stereocenters. The van der Waals surface area contributed by atoms with Crippen molar-refractivity contribution in [2.24, 2.45) is 0 Å². The zero-order valence-electron chi connectivity index (χ0n) is 23.5. The van der Waals surface area contributed by atoms with Gasteiger partial charge in [-0.3, -0.25) is 18.9 Å². The third-order valence-electron chi connectivity index (χ3n) is 6.73. The predicted molar refractivity (Wildman–Crippen MR) is 166 cm³/mol. The predicted octanol–water partition coefficient (Wildman–Crippen LogP) is 4.36. The minimum atomic E-state index is -4.02. The number of benzene rings is 3. The van der Waals surface area contributed by atoms with Crippen molar-refractivity contribution in [2.75, 3.05) is 12.4 Å². The summed E-state index contributed by atoms with van der Waals surface area (Å²) in [6.45, 7) is 1.62. The fraction of sp³-hybridized carbons (Fsp3) is 0.138. The Kier molecular flexibility index (Phi) is 8.97. The van der Waals surface area contributed by atoms with Crippen molar-refractivity contribution < 1.29 is 31.7 Å². The number of hydrogen-bond donors (Lipinski definition) is 4. The van der Waals surface area contributed by atoms with Crippen LogP contribution in [0.25, 0.3) is 10.1 Å². The summed E-state index contributed by atoms with van der Waals surface area (Å²) < 4.78 is 50.1. The normalized spacial score (nSPS) is 14.2. The van der Waals surface area contributed by atoms with E-state index in [0.29, 0.717) is 11.1 Å². The Bertz CT molecular complexity index is 2060. The van der Waals surface area contributed by atoms with Gasteiger partial charge in [0.2, 0.25) is 11.7 Å². The molecule has 1 aliphatic heterocycles. The monoisotopic (exact) mass is 670 g/mol. The number of aryl methyl sites for hydroxylation is 1. The maximum atomic E-state index is 14.1. The van der Waals surface area contributed by atoms with Crippen molar-refractivity contribution in [1.82, 2.24) is 24.6 Å².